The van der Waals surface area contributed by atoms with E-state index in [1.54, 1.807) is 36.4 Å². The van der Waals surface area contributed by atoms with Gasteiger partial charge in [-0.05, 0) is 159 Å². The van der Waals surface area contributed by atoms with E-state index in [1.165, 1.54) is 0 Å². The van der Waals surface area contributed by atoms with E-state index >= 15 is 0 Å². The van der Waals surface area contributed by atoms with Crippen LogP contribution in [-0.4, -0.2) is 62.7 Å². The van der Waals surface area contributed by atoms with Crippen LogP contribution in [0, 0.1) is 0 Å². The molecular weight excluding hydrogens is 1030 g/mol. The molecule has 0 aliphatic rings. The van der Waals surface area contributed by atoms with Crippen molar-refractivity contribution in [2.24, 2.45) is 0 Å². The molecule has 0 heterocycles. The maximum Gasteiger partial charge on any atom is 0.335 e. The first-order chi connectivity index (χ1) is 39.8. The molecule has 0 fully saturated rings. The zero-order chi connectivity index (χ0) is 58.9. The lowest BCUT2D eigenvalue weighted by Crippen LogP contribution is -2.21. The summed E-state index contributed by atoms with van der Waals surface area (Å²) >= 11 is 0. The van der Waals surface area contributed by atoms with E-state index in [0.29, 0.717) is 23.1 Å². The smallest absolute Gasteiger partial charge is 0.335 e. The van der Waals surface area contributed by atoms with Gasteiger partial charge in [0.05, 0.1) is 22.6 Å². The number of hydrogen-bond donors (Lipinski definition) is 7. The Hall–Kier alpha value is -8.68. The Morgan fingerprint density at radius 3 is 0.976 bits per heavy atom. The molecule has 7 aromatic rings. The standard InChI is InChI=1S/C28H31NO3.C21H25NO3.C20H23NO4/c1-2-24(21-13-5-3-6-14-21)27(30)29-26-20-12-10-18-23(26)17-8-4-7-15-22-16-9-11-19-25(22)28(31)32;1-2-20(23)22-19-15-9-7-13-17(19)12-5-3-4-10-16-11-6-8-14-18(16)21(24)25;22-14-19(23)21-18-13-7-5-11-16(18)10-3-1-2-8-15-9-4-6-12-17(15)20(24)25/h3,5-6,9-14,16,18-20,24H,2,4,7-8,15,17H2,1H3,(H,29,30)(H,31,32);6-9,11,13-15H,2-5,10,12H2,1H3,(H,22,23)(H,24,25);4-7,9,11-13,22H,1-3,8,10,14H2,(H,21,23)(H,24,25). The van der Waals surface area contributed by atoms with Crippen LogP contribution in [0.1, 0.15) is 160 Å². The molecule has 0 saturated carbocycles. The number of rotatable bonds is 29. The minimum atomic E-state index is -0.885. The number of nitrogens with one attached hydrogen (secondary N) is 3. The van der Waals surface area contributed by atoms with Gasteiger partial charge in [-0.3, -0.25) is 14.4 Å². The number of aryl methyl sites for hydroxylation is 6. The quantitative estimate of drug-likeness (QED) is 0.0220. The number of carboxylic acid groups (broad SMARTS) is 3. The van der Waals surface area contributed by atoms with Crippen LogP contribution in [0.25, 0.3) is 0 Å². The second kappa shape index (κ2) is 35.8. The highest BCUT2D eigenvalue weighted by Crippen LogP contribution is 2.26. The summed E-state index contributed by atoms with van der Waals surface area (Å²) in [6.45, 7) is 3.34. The molecule has 13 nitrogen and oxygen atoms in total. The number of aliphatic hydroxyl groups excluding tert-OH is 1. The average molecular weight is 1110 g/mol. The van der Waals surface area contributed by atoms with Crippen molar-refractivity contribution < 1.29 is 49.2 Å². The van der Waals surface area contributed by atoms with Crippen LogP contribution in [0.5, 0.6) is 0 Å². The van der Waals surface area contributed by atoms with Gasteiger partial charge < -0.3 is 36.4 Å². The molecule has 82 heavy (non-hydrogen) atoms. The zero-order valence-corrected chi connectivity index (χ0v) is 47.3. The molecule has 0 bridgehead atoms. The summed E-state index contributed by atoms with van der Waals surface area (Å²) in [6.07, 6.45) is 14.8. The molecule has 0 aromatic heterocycles. The Morgan fingerprint density at radius 1 is 0.354 bits per heavy atom. The number of para-hydroxylation sites is 3. The third kappa shape index (κ3) is 21.8. The fourth-order valence-corrected chi connectivity index (χ4v) is 9.75. The molecule has 0 radical (unpaired) electrons. The Morgan fingerprint density at radius 2 is 0.646 bits per heavy atom. The lowest BCUT2D eigenvalue weighted by atomic mass is 9.95. The Labute approximate surface area is 482 Å². The molecule has 13 heteroatoms. The van der Waals surface area contributed by atoms with Crippen molar-refractivity contribution in [1.29, 1.82) is 0 Å². The number of carbonyl (C=O) groups is 6. The lowest BCUT2D eigenvalue weighted by molar-refractivity contribution is -0.119. The summed E-state index contributed by atoms with van der Waals surface area (Å²) in [6, 6.07) is 54.8. The molecule has 0 aliphatic heterocycles. The third-order valence-electron chi connectivity index (χ3n) is 14.2. The van der Waals surface area contributed by atoms with Crippen LogP contribution in [0.3, 0.4) is 0 Å². The van der Waals surface area contributed by atoms with E-state index < -0.39 is 30.4 Å². The topological polar surface area (TPSA) is 219 Å². The van der Waals surface area contributed by atoms with Crippen LogP contribution < -0.4 is 16.0 Å². The maximum absolute atomic E-state index is 13.0. The third-order valence-corrected chi connectivity index (χ3v) is 14.2. The van der Waals surface area contributed by atoms with Gasteiger partial charge in [0.15, 0.2) is 0 Å². The molecular formula is C69H79N3O10. The van der Waals surface area contributed by atoms with Crippen LogP contribution >= 0.6 is 0 Å². The monoisotopic (exact) mass is 1110 g/mol. The predicted octanol–water partition coefficient (Wildman–Crippen LogP) is 14.4. The lowest BCUT2D eigenvalue weighted by Gasteiger charge is -2.17. The number of unbranched alkanes of at least 4 members (excludes halogenated alkanes) is 6. The van der Waals surface area contributed by atoms with Gasteiger partial charge in [-0.15, -0.1) is 0 Å². The van der Waals surface area contributed by atoms with Crippen LogP contribution in [0.2, 0.25) is 0 Å². The van der Waals surface area contributed by atoms with Crippen molar-refractivity contribution in [3.05, 3.63) is 232 Å². The van der Waals surface area contributed by atoms with Gasteiger partial charge in [0.2, 0.25) is 17.7 Å². The zero-order valence-electron chi connectivity index (χ0n) is 47.3. The number of carbonyl (C=O) groups excluding carboxylic acids is 3. The molecule has 7 rings (SSSR count). The minimum absolute atomic E-state index is 0.0245. The second-order valence-corrected chi connectivity index (χ2v) is 20.0. The highest BCUT2D eigenvalue weighted by atomic mass is 16.4. The summed E-state index contributed by atoms with van der Waals surface area (Å²) in [4.78, 5) is 69.6. The summed E-state index contributed by atoms with van der Waals surface area (Å²) in [5.41, 5.74) is 10.7. The predicted molar refractivity (Wildman–Crippen MR) is 326 cm³/mol. The Balaban J connectivity index is 0.000000228. The van der Waals surface area contributed by atoms with Gasteiger partial charge in [0, 0.05) is 23.5 Å². The van der Waals surface area contributed by atoms with E-state index in [1.807, 2.05) is 147 Å². The highest BCUT2D eigenvalue weighted by Gasteiger charge is 2.20. The van der Waals surface area contributed by atoms with Crippen molar-refractivity contribution in [2.75, 3.05) is 22.6 Å². The fraction of sp³-hybridized carbons (Fsp3) is 0.304. The van der Waals surface area contributed by atoms with E-state index in [-0.39, 0.29) is 17.7 Å². The summed E-state index contributed by atoms with van der Waals surface area (Å²) in [5, 5.41) is 45.3. The molecule has 7 aromatic carbocycles. The number of amides is 3. The largest absolute Gasteiger partial charge is 0.478 e. The molecule has 7 N–H and O–H groups in total. The van der Waals surface area contributed by atoms with Gasteiger partial charge in [-0.2, -0.15) is 0 Å². The first-order valence-electron chi connectivity index (χ1n) is 28.6. The number of aliphatic hydroxyl groups is 1. The molecule has 430 valence electrons. The normalized spacial score (nSPS) is 10.9. The summed E-state index contributed by atoms with van der Waals surface area (Å²) < 4.78 is 0. The average Bonchev–Trinajstić information content (AvgIpc) is 3.49. The first-order valence-corrected chi connectivity index (χ1v) is 28.6. The van der Waals surface area contributed by atoms with Crippen LogP contribution in [0.4, 0.5) is 17.1 Å². The Bertz CT molecular complexity index is 3010. The highest BCUT2D eigenvalue weighted by molar-refractivity contribution is 5.97. The molecule has 0 saturated heterocycles. The molecule has 1 unspecified atom stereocenters. The van der Waals surface area contributed by atoms with Gasteiger partial charge in [-0.1, -0.05) is 173 Å². The van der Waals surface area contributed by atoms with E-state index in [4.69, 9.17) is 5.11 Å². The van der Waals surface area contributed by atoms with E-state index in [9.17, 15) is 44.1 Å². The summed E-state index contributed by atoms with van der Waals surface area (Å²) in [5.74, 6) is -3.16. The molecule has 0 spiro atoms. The van der Waals surface area contributed by atoms with Gasteiger partial charge in [-0.25, -0.2) is 14.4 Å². The van der Waals surface area contributed by atoms with E-state index in [0.717, 1.165) is 159 Å². The summed E-state index contributed by atoms with van der Waals surface area (Å²) in [7, 11) is 0. The minimum Gasteiger partial charge on any atom is -0.478 e. The van der Waals surface area contributed by atoms with E-state index in [2.05, 4.69) is 22.0 Å². The van der Waals surface area contributed by atoms with Crippen LogP contribution in [-0.2, 0) is 52.9 Å². The molecule has 3 amide bonds. The van der Waals surface area contributed by atoms with Crippen molar-refractivity contribution >= 4 is 52.7 Å². The van der Waals surface area contributed by atoms with Crippen molar-refractivity contribution in [3.63, 3.8) is 0 Å². The Kier molecular flexibility index (Phi) is 28.0. The number of anilines is 3. The first kappa shape index (κ1) is 64.1. The number of benzene rings is 7. The van der Waals surface area contributed by atoms with Crippen molar-refractivity contribution in [1.82, 2.24) is 0 Å². The fourth-order valence-electron chi connectivity index (χ4n) is 9.75. The molecule has 1 atom stereocenters. The van der Waals surface area contributed by atoms with Gasteiger partial charge in [0.25, 0.3) is 0 Å². The maximum atomic E-state index is 13.0. The van der Waals surface area contributed by atoms with Crippen molar-refractivity contribution in [3.8, 4) is 0 Å². The van der Waals surface area contributed by atoms with Gasteiger partial charge in [0.1, 0.15) is 6.61 Å². The van der Waals surface area contributed by atoms with Gasteiger partial charge >= 0.3 is 17.9 Å². The molecule has 0 aliphatic carbocycles. The van der Waals surface area contributed by atoms with Crippen molar-refractivity contribution in [2.45, 2.75) is 129 Å². The SMILES string of the molecule is CCC(=O)Nc1ccccc1CCCCCc1ccccc1C(=O)O.CCC(C(=O)Nc1ccccc1CCCCCc1ccccc1C(=O)O)c1ccccc1.O=C(CO)Nc1ccccc1CCCCCc1ccccc1C(=O)O. The number of hydrogen-bond acceptors (Lipinski definition) is 7. The number of aromatic carboxylic acids is 3. The number of carboxylic acids is 3. The van der Waals surface area contributed by atoms with Crippen LogP contribution in [0.15, 0.2) is 176 Å². The second-order valence-electron chi connectivity index (χ2n) is 20.0.